The van der Waals surface area contributed by atoms with Crippen LogP contribution in [0.3, 0.4) is 0 Å². The molecule has 1 fully saturated rings. The first-order valence-corrected chi connectivity index (χ1v) is 9.23. The normalized spacial score (nSPS) is 18.4. The molecule has 1 aromatic carbocycles. The van der Waals surface area contributed by atoms with Crippen LogP contribution in [0.15, 0.2) is 59.5 Å². The van der Waals surface area contributed by atoms with Gasteiger partial charge in [0.1, 0.15) is 5.82 Å². The van der Waals surface area contributed by atoms with Crippen LogP contribution < -0.4 is 5.32 Å². The van der Waals surface area contributed by atoms with Crippen molar-refractivity contribution < 1.29 is 0 Å². The molecule has 25 heavy (non-hydrogen) atoms. The van der Waals surface area contributed by atoms with E-state index in [4.69, 9.17) is 0 Å². The first-order valence-electron chi connectivity index (χ1n) is 8.44. The highest BCUT2D eigenvalue weighted by Gasteiger charge is 2.24. The maximum absolute atomic E-state index is 4.60. The van der Waals surface area contributed by atoms with E-state index in [1.54, 1.807) is 0 Å². The Morgan fingerprint density at radius 1 is 1.20 bits per heavy atom. The number of aromatic amines is 1. The highest BCUT2D eigenvalue weighted by atomic mass is 79.9. The summed E-state index contributed by atoms with van der Waals surface area (Å²) in [5, 5.41) is 3.49. The Kier molecular flexibility index (Phi) is 4.92. The molecule has 0 spiro atoms. The first-order chi connectivity index (χ1) is 12.3. The Hall–Kier alpha value is -2.02. The van der Waals surface area contributed by atoms with Gasteiger partial charge >= 0.3 is 0 Å². The highest BCUT2D eigenvalue weighted by Crippen LogP contribution is 2.25. The second-order valence-corrected chi connectivity index (χ2v) is 7.14. The molecular formula is C19H20BrN5. The fourth-order valence-corrected chi connectivity index (χ4v) is 3.69. The largest absolute Gasteiger partial charge is 0.341 e. The Labute approximate surface area is 155 Å². The number of hydrogen-bond donors (Lipinski definition) is 2. The van der Waals surface area contributed by atoms with E-state index >= 15 is 0 Å². The fourth-order valence-electron chi connectivity index (χ4n) is 3.29. The van der Waals surface area contributed by atoms with Crippen molar-refractivity contribution in [1.82, 2.24) is 25.2 Å². The molecule has 0 radical (unpaired) electrons. The zero-order valence-corrected chi connectivity index (χ0v) is 15.4. The van der Waals surface area contributed by atoms with Gasteiger partial charge in [0.05, 0.1) is 18.4 Å². The SMILES string of the molecule is Brc1cccc(-c2cnc(CN3CCNCC3c3ccncc3)[nH]2)c1. The number of H-pyrrole nitrogens is 1. The summed E-state index contributed by atoms with van der Waals surface area (Å²) in [6.45, 7) is 3.76. The zero-order chi connectivity index (χ0) is 17.1. The fraction of sp³-hybridized carbons (Fsp3) is 0.263. The molecule has 3 heterocycles. The van der Waals surface area contributed by atoms with E-state index in [1.165, 1.54) is 5.56 Å². The summed E-state index contributed by atoms with van der Waals surface area (Å²) in [7, 11) is 0. The predicted octanol–water partition coefficient (Wildman–Crippen LogP) is 3.38. The summed E-state index contributed by atoms with van der Waals surface area (Å²) >= 11 is 3.53. The third-order valence-electron chi connectivity index (χ3n) is 4.56. The molecule has 2 N–H and O–H groups in total. The van der Waals surface area contributed by atoms with Crippen molar-refractivity contribution in [3.8, 4) is 11.3 Å². The third kappa shape index (κ3) is 3.81. The molecular weight excluding hydrogens is 378 g/mol. The Morgan fingerprint density at radius 3 is 2.92 bits per heavy atom. The highest BCUT2D eigenvalue weighted by molar-refractivity contribution is 9.10. The van der Waals surface area contributed by atoms with Crippen molar-refractivity contribution in [2.45, 2.75) is 12.6 Å². The first kappa shape index (κ1) is 16.4. The number of halogens is 1. The molecule has 5 nitrogen and oxygen atoms in total. The summed E-state index contributed by atoms with van der Waals surface area (Å²) in [5.41, 5.74) is 3.48. The maximum atomic E-state index is 4.60. The van der Waals surface area contributed by atoms with Gasteiger partial charge in [-0.2, -0.15) is 0 Å². The molecule has 6 heteroatoms. The number of rotatable bonds is 4. The van der Waals surface area contributed by atoms with E-state index in [2.05, 4.69) is 65.4 Å². The van der Waals surface area contributed by atoms with Crippen LogP contribution in [-0.4, -0.2) is 39.5 Å². The number of benzene rings is 1. The molecule has 4 rings (SSSR count). The van der Waals surface area contributed by atoms with E-state index in [1.807, 2.05) is 30.7 Å². The quantitative estimate of drug-likeness (QED) is 0.708. The monoisotopic (exact) mass is 397 g/mol. The van der Waals surface area contributed by atoms with Gasteiger partial charge in [0, 0.05) is 48.1 Å². The number of imidazole rings is 1. The summed E-state index contributed by atoms with van der Waals surface area (Å²) in [5.74, 6) is 0.996. The van der Waals surface area contributed by atoms with E-state index in [0.29, 0.717) is 6.04 Å². The van der Waals surface area contributed by atoms with Crippen LogP contribution >= 0.6 is 15.9 Å². The molecule has 0 bridgehead atoms. The second-order valence-electron chi connectivity index (χ2n) is 6.22. The Balaban J connectivity index is 1.53. The lowest BCUT2D eigenvalue weighted by Gasteiger charge is -2.35. The van der Waals surface area contributed by atoms with Gasteiger partial charge in [-0.25, -0.2) is 4.98 Å². The number of hydrogen-bond acceptors (Lipinski definition) is 4. The molecule has 0 aliphatic carbocycles. The molecule has 1 saturated heterocycles. The van der Waals surface area contributed by atoms with Gasteiger partial charge in [-0.3, -0.25) is 9.88 Å². The van der Waals surface area contributed by atoms with Crippen molar-refractivity contribution in [2.75, 3.05) is 19.6 Å². The van der Waals surface area contributed by atoms with Crippen molar-refractivity contribution in [3.05, 3.63) is 70.8 Å². The van der Waals surface area contributed by atoms with Crippen LogP contribution in [0, 0.1) is 0 Å². The van der Waals surface area contributed by atoms with Crippen LogP contribution in [0.1, 0.15) is 17.4 Å². The molecule has 1 aliphatic heterocycles. The molecule has 3 aromatic rings. The average Bonchev–Trinajstić information content (AvgIpc) is 3.12. The van der Waals surface area contributed by atoms with Gasteiger partial charge in [-0.15, -0.1) is 0 Å². The van der Waals surface area contributed by atoms with Crippen molar-refractivity contribution in [2.24, 2.45) is 0 Å². The number of pyridine rings is 1. The summed E-state index contributed by atoms with van der Waals surface area (Å²) in [6, 6.07) is 12.8. The zero-order valence-electron chi connectivity index (χ0n) is 13.8. The minimum atomic E-state index is 0.344. The third-order valence-corrected chi connectivity index (χ3v) is 5.06. The van der Waals surface area contributed by atoms with Gasteiger partial charge in [-0.1, -0.05) is 28.1 Å². The molecule has 1 unspecified atom stereocenters. The van der Waals surface area contributed by atoms with E-state index in [9.17, 15) is 0 Å². The summed E-state index contributed by atoms with van der Waals surface area (Å²) in [4.78, 5) is 14.7. The van der Waals surface area contributed by atoms with Gasteiger partial charge in [0.2, 0.25) is 0 Å². The van der Waals surface area contributed by atoms with Crippen LogP contribution in [0.2, 0.25) is 0 Å². The molecule has 1 atom stereocenters. The van der Waals surface area contributed by atoms with E-state index in [0.717, 1.165) is 47.7 Å². The maximum Gasteiger partial charge on any atom is 0.120 e. The van der Waals surface area contributed by atoms with E-state index in [-0.39, 0.29) is 0 Å². The number of nitrogens with zero attached hydrogens (tertiary/aromatic N) is 3. The minimum Gasteiger partial charge on any atom is -0.341 e. The Bertz CT molecular complexity index is 833. The summed E-state index contributed by atoms with van der Waals surface area (Å²) < 4.78 is 1.07. The molecule has 0 amide bonds. The van der Waals surface area contributed by atoms with Crippen molar-refractivity contribution in [1.29, 1.82) is 0 Å². The van der Waals surface area contributed by atoms with Crippen molar-refractivity contribution >= 4 is 15.9 Å². The minimum absolute atomic E-state index is 0.344. The van der Waals surface area contributed by atoms with Gasteiger partial charge in [-0.05, 0) is 29.8 Å². The smallest absolute Gasteiger partial charge is 0.120 e. The molecule has 2 aromatic heterocycles. The van der Waals surface area contributed by atoms with Crippen molar-refractivity contribution in [3.63, 3.8) is 0 Å². The lowest BCUT2D eigenvalue weighted by molar-refractivity contribution is 0.150. The number of aromatic nitrogens is 3. The van der Waals surface area contributed by atoms with Gasteiger partial charge in [0.25, 0.3) is 0 Å². The standard InChI is InChI=1S/C19H20BrN5/c20-16-3-1-2-15(10-16)17-11-23-19(24-17)13-25-9-8-22-12-18(25)14-4-6-21-7-5-14/h1-7,10-11,18,22H,8-9,12-13H2,(H,23,24). The van der Waals surface area contributed by atoms with Crippen LogP contribution in [0.5, 0.6) is 0 Å². The predicted molar refractivity (Wildman–Crippen MR) is 102 cm³/mol. The van der Waals surface area contributed by atoms with E-state index < -0.39 is 0 Å². The van der Waals surface area contributed by atoms with Crippen LogP contribution in [0.4, 0.5) is 0 Å². The second kappa shape index (κ2) is 7.47. The van der Waals surface area contributed by atoms with Gasteiger partial charge in [0.15, 0.2) is 0 Å². The molecule has 1 aliphatic rings. The summed E-state index contributed by atoms with van der Waals surface area (Å²) in [6.07, 6.45) is 5.64. The van der Waals surface area contributed by atoms with Crippen LogP contribution in [0.25, 0.3) is 11.3 Å². The Morgan fingerprint density at radius 2 is 2.08 bits per heavy atom. The van der Waals surface area contributed by atoms with Crippen LogP contribution in [-0.2, 0) is 6.54 Å². The lowest BCUT2D eigenvalue weighted by atomic mass is 10.0. The average molecular weight is 398 g/mol. The van der Waals surface area contributed by atoms with Gasteiger partial charge < -0.3 is 10.3 Å². The lowest BCUT2D eigenvalue weighted by Crippen LogP contribution is -2.45. The number of piperazine rings is 1. The number of nitrogens with one attached hydrogen (secondary N) is 2. The molecule has 128 valence electrons. The topological polar surface area (TPSA) is 56.8 Å². The molecule has 0 saturated carbocycles.